The summed E-state index contributed by atoms with van der Waals surface area (Å²) in [4.78, 5) is 11.5. The fourth-order valence-corrected chi connectivity index (χ4v) is 1.75. The number of hydrogen-bond donors (Lipinski definition) is 3. The van der Waals surface area contributed by atoms with Crippen molar-refractivity contribution in [2.24, 2.45) is 5.73 Å². The molecule has 4 N–H and O–H groups in total. The summed E-state index contributed by atoms with van der Waals surface area (Å²) in [5, 5.41) is 5.79. The summed E-state index contributed by atoms with van der Waals surface area (Å²) in [7, 11) is 0. The van der Waals surface area contributed by atoms with Crippen molar-refractivity contribution in [2.45, 2.75) is 6.42 Å². The van der Waals surface area contributed by atoms with Crippen molar-refractivity contribution in [1.29, 1.82) is 0 Å². The summed E-state index contributed by atoms with van der Waals surface area (Å²) in [6, 6.07) is 5.56. The maximum atomic E-state index is 11.5. The molecule has 4 nitrogen and oxygen atoms in total. The second-order valence-electron chi connectivity index (χ2n) is 3.37. The Bertz CT molecular complexity index is 431. The zero-order valence-electron chi connectivity index (χ0n) is 8.04. The zero-order valence-corrected chi connectivity index (χ0v) is 8.86. The second-order valence-corrected chi connectivity index (χ2v) is 3.81. The van der Waals surface area contributed by atoms with Crippen LogP contribution in [-0.2, 0) is 6.42 Å². The van der Waals surface area contributed by atoms with Crippen LogP contribution < -0.4 is 16.4 Å². The number of thiocarbonyl (C=S) groups is 1. The molecule has 1 aromatic rings. The lowest BCUT2D eigenvalue weighted by Gasteiger charge is -2.17. The molecular formula is C10H11N3OS. The second kappa shape index (κ2) is 3.86. The van der Waals surface area contributed by atoms with Crippen LogP contribution in [0, 0.1) is 0 Å². The van der Waals surface area contributed by atoms with Gasteiger partial charge in [-0.15, -0.1) is 0 Å². The van der Waals surface area contributed by atoms with Gasteiger partial charge in [0.25, 0.3) is 5.91 Å². The molecule has 1 amide bonds. The minimum Gasteiger partial charge on any atom is -0.376 e. The van der Waals surface area contributed by atoms with E-state index in [-0.39, 0.29) is 11.0 Å². The van der Waals surface area contributed by atoms with Crippen LogP contribution in [0.2, 0.25) is 0 Å². The van der Waals surface area contributed by atoms with Crippen molar-refractivity contribution >= 4 is 28.9 Å². The highest BCUT2D eigenvalue weighted by Gasteiger charge is 2.16. The molecule has 0 aliphatic carbocycles. The van der Waals surface area contributed by atoms with Gasteiger partial charge in [-0.3, -0.25) is 4.79 Å². The van der Waals surface area contributed by atoms with Crippen LogP contribution in [0.3, 0.4) is 0 Å². The van der Waals surface area contributed by atoms with Crippen molar-refractivity contribution in [2.75, 3.05) is 11.9 Å². The van der Waals surface area contributed by atoms with E-state index in [4.69, 9.17) is 18.0 Å². The molecule has 0 saturated carbocycles. The summed E-state index contributed by atoms with van der Waals surface area (Å²) >= 11 is 4.73. The highest BCUT2D eigenvalue weighted by Crippen LogP contribution is 2.18. The number of amides is 1. The van der Waals surface area contributed by atoms with Crippen LogP contribution in [0.25, 0.3) is 0 Å². The molecule has 0 radical (unpaired) electrons. The summed E-state index contributed by atoms with van der Waals surface area (Å²) in [5.74, 6) is -0.0390. The van der Waals surface area contributed by atoms with E-state index in [2.05, 4.69) is 10.6 Å². The Kier molecular flexibility index (Phi) is 2.55. The van der Waals surface area contributed by atoms with Crippen LogP contribution >= 0.6 is 12.2 Å². The number of nitrogens with one attached hydrogen (secondary N) is 2. The quantitative estimate of drug-likeness (QED) is 0.608. The number of nitrogens with two attached hydrogens (primary N) is 1. The molecule has 1 heterocycles. The SMILES string of the molecule is NC(=S)Nc1ccc2c(c1)C(=O)NCC2. The molecule has 0 saturated heterocycles. The van der Waals surface area contributed by atoms with Gasteiger partial charge in [0, 0.05) is 17.8 Å². The summed E-state index contributed by atoms with van der Waals surface area (Å²) in [6.07, 6.45) is 0.869. The number of carbonyl (C=O) groups is 1. The number of hydrogen-bond acceptors (Lipinski definition) is 2. The van der Waals surface area contributed by atoms with Crippen molar-refractivity contribution < 1.29 is 4.79 Å². The van der Waals surface area contributed by atoms with E-state index >= 15 is 0 Å². The molecule has 1 aliphatic rings. The Morgan fingerprint density at radius 3 is 3.07 bits per heavy atom. The molecule has 0 spiro atoms. The molecule has 0 atom stereocenters. The van der Waals surface area contributed by atoms with Gasteiger partial charge in [-0.25, -0.2) is 0 Å². The molecule has 0 unspecified atom stereocenters. The van der Waals surface area contributed by atoms with Gasteiger partial charge in [0.1, 0.15) is 0 Å². The molecule has 0 aromatic heterocycles. The number of anilines is 1. The number of benzene rings is 1. The molecule has 1 aromatic carbocycles. The number of fused-ring (bicyclic) bond motifs is 1. The van der Waals surface area contributed by atoms with Gasteiger partial charge in [0.05, 0.1) is 0 Å². The third-order valence-electron chi connectivity index (χ3n) is 2.30. The van der Waals surface area contributed by atoms with Crippen LogP contribution in [0.15, 0.2) is 18.2 Å². The molecule has 15 heavy (non-hydrogen) atoms. The minimum absolute atomic E-state index is 0.0390. The van der Waals surface area contributed by atoms with Crippen molar-refractivity contribution in [3.8, 4) is 0 Å². The van der Waals surface area contributed by atoms with Gasteiger partial charge in [-0.1, -0.05) is 6.07 Å². The van der Waals surface area contributed by atoms with Gasteiger partial charge < -0.3 is 16.4 Å². The molecule has 2 rings (SSSR count). The molecule has 5 heteroatoms. The van der Waals surface area contributed by atoms with E-state index in [0.29, 0.717) is 12.1 Å². The highest BCUT2D eigenvalue weighted by atomic mass is 32.1. The van der Waals surface area contributed by atoms with E-state index in [9.17, 15) is 4.79 Å². The zero-order chi connectivity index (χ0) is 10.8. The minimum atomic E-state index is -0.0390. The van der Waals surface area contributed by atoms with Crippen molar-refractivity contribution in [3.63, 3.8) is 0 Å². The van der Waals surface area contributed by atoms with E-state index in [0.717, 1.165) is 17.7 Å². The molecule has 78 valence electrons. The lowest BCUT2D eigenvalue weighted by atomic mass is 10.00. The average molecular weight is 221 g/mol. The molecule has 0 fully saturated rings. The Morgan fingerprint density at radius 1 is 1.53 bits per heavy atom. The number of carbonyl (C=O) groups excluding carboxylic acids is 1. The first-order valence-corrected chi connectivity index (χ1v) is 5.05. The van der Waals surface area contributed by atoms with E-state index in [1.165, 1.54) is 0 Å². The average Bonchev–Trinajstić information content (AvgIpc) is 2.18. The predicted molar refractivity (Wildman–Crippen MR) is 62.9 cm³/mol. The van der Waals surface area contributed by atoms with Gasteiger partial charge in [0.2, 0.25) is 0 Å². The fraction of sp³-hybridized carbons (Fsp3) is 0.200. The van der Waals surface area contributed by atoms with Crippen LogP contribution in [0.1, 0.15) is 15.9 Å². The predicted octanol–water partition coefficient (Wildman–Crippen LogP) is 0.628. The molecular weight excluding hydrogens is 210 g/mol. The van der Waals surface area contributed by atoms with Gasteiger partial charge in [-0.05, 0) is 36.3 Å². The standard InChI is InChI=1S/C10H11N3OS/c11-10(15)13-7-2-1-6-3-4-12-9(14)8(6)5-7/h1-2,5H,3-4H2,(H,12,14)(H3,11,13,15). The topological polar surface area (TPSA) is 67.1 Å². The monoisotopic (exact) mass is 221 g/mol. The highest BCUT2D eigenvalue weighted by molar-refractivity contribution is 7.80. The van der Waals surface area contributed by atoms with E-state index in [1.807, 2.05) is 12.1 Å². The summed E-state index contributed by atoms with van der Waals surface area (Å²) in [6.45, 7) is 0.702. The third kappa shape index (κ3) is 2.07. The maximum Gasteiger partial charge on any atom is 0.251 e. The summed E-state index contributed by atoms with van der Waals surface area (Å²) < 4.78 is 0. The smallest absolute Gasteiger partial charge is 0.251 e. The largest absolute Gasteiger partial charge is 0.376 e. The van der Waals surface area contributed by atoms with Crippen LogP contribution in [0.4, 0.5) is 5.69 Å². The Morgan fingerprint density at radius 2 is 2.33 bits per heavy atom. The van der Waals surface area contributed by atoms with E-state index in [1.54, 1.807) is 6.07 Å². The van der Waals surface area contributed by atoms with E-state index < -0.39 is 0 Å². The van der Waals surface area contributed by atoms with Crippen LogP contribution in [0.5, 0.6) is 0 Å². The first-order valence-electron chi connectivity index (χ1n) is 4.64. The fourth-order valence-electron chi connectivity index (χ4n) is 1.63. The van der Waals surface area contributed by atoms with Gasteiger partial charge >= 0.3 is 0 Å². The van der Waals surface area contributed by atoms with Gasteiger partial charge in [0.15, 0.2) is 5.11 Å². The van der Waals surface area contributed by atoms with Crippen molar-refractivity contribution in [3.05, 3.63) is 29.3 Å². The Balaban J connectivity index is 2.35. The Hall–Kier alpha value is -1.62. The first kappa shape index (κ1) is 9.92. The maximum absolute atomic E-state index is 11.5. The lowest BCUT2D eigenvalue weighted by Crippen LogP contribution is -2.32. The number of rotatable bonds is 1. The molecule has 1 aliphatic heterocycles. The lowest BCUT2D eigenvalue weighted by molar-refractivity contribution is 0.0946. The summed E-state index contributed by atoms with van der Waals surface area (Å²) in [5.41, 5.74) is 7.86. The Labute approximate surface area is 92.8 Å². The van der Waals surface area contributed by atoms with Gasteiger partial charge in [-0.2, -0.15) is 0 Å². The third-order valence-corrected chi connectivity index (χ3v) is 2.40. The van der Waals surface area contributed by atoms with Crippen LogP contribution in [-0.4, -0.2) is 17.6 Å². The normalized spacial score (nSPS) is 14.0. The van der Waals surface area contributed by atoms with Crippen molar-refractivity contribution in [1.82, 2.24) is 5.32 Å². The molecule has 0 bridgehead atoms. The first-order chi connectivity index (χ1) is 7.16.